The van der Waals surface area contributed by atoms with E-state index in [1.165, 1.54) is 50.2 Å². The highest BCUT2D eigenvalue weighted by Crippen LogP contribution is 2.48. The summed E-state index contributed by atoms with van der Waals surface area (Å²) < 4.78 is 26.0. The molecule has 0 saturated heterocycles. The molecule has 8 nitrogen and oxygen atoms in total. The number of ether oxygens (including phenoxy) is 1. The second-order valence-electron chi connectivity index (χ2n) is 23.1. The summed E-state index contributed by atoms with van der Waals surface area (Å²) in [6.45, 7) is 20.4. The zero-order valence-electron chi connectivity index (χ0n) is 47.7. The molecule has 8 heteroatoms. The van der Waals surface area contributed by atoms with Gasteiger partial charge in [0.15, 0.2) is 11.2 Å². The molecule has 0 aliphatic carbocycles. The molecule has 5 heterocycles. The maximum atomic E-state index is 7.28. The van der Waals surface area contributed by atoms with E-state index in [4.69, 9.17) is 28.5 Å². The van der Waals surface area contributed by atoms with Crippen molar-refractivity contribution in [2.75, 3.05) is 0 Å². The minimum atomic E-state index is 0.171. The molecule has 0 atom stereocenters. The molecule has 0 spiro atoms. The molecule has 82 heavy (non-hydrogen) atoms. The zero-order chi connectivity index (χ0) is 56.1. The van der Waals surface area contributed by atoms with Crippen LogP contribution in [0.2, 0.25) is 0 Å². The molecule has 5 aromatic heterocycles. The quantitative estimate of drug-likeness (QED) is 0.121. The van der Waals surface area contributed by atoms with Gasteiger partial charge in [0.25, 0.3) is 0 Å². The van der Waals surface area contributed by atoms with Gasteiger partial charge in [-0.15, -0.1) is 0 Å². The molecule has 0 radical (unpaired) electrons. The average Bonchev–Trinajstić information content (AvgIpc) is 2.18. The summed E-state index contributed by atoms with van der Waals surface area (Å²) in [6, 6.07) is 68.4. The van der Waals surface area contributed by atoms with Crippen molar-refractivity contribution in [2.24, 2.45) is 0 Å². The third-order valence-corrected chi connectivity index (χ3v) is 16.4. The number of imidazole rings is 2. The van der Waals surface area contributed by atoms with Crippen molar-refractivity contribution < 1.29 is 13.6 Å². The number of rotatable bonds is 12. The summed E-state index contributed by atoms with van der Waals surface area (Å²) in [5.41, 5.74) is 21.8. The number of nitrogens with zero attached hydrogens (tertiary/aromatic N) is 5. The smallest absolute Gasteiger partial charge is 0.197 e. The summed E-state index contributed by atoms with van der Waals surface area (Å²) in [5, 5.41) is 2.64. The minimum absolute atomic E-state index is 0.171. The van der Waals surface area contributed by atoms with Crippen LogP contribution in [0.25, 0.3) is 122 Å². The first kappa shape index (κ1) is 50.7. The van der Waals surface area contributed by atoms with Crippen molar-refractivity contribution in [1.82, 2.24) is 24.1 Å². The van der Waals surface area contributed by atoms with Crippen molar-refractivity contribution >= 4 is 66.1 Å². The van der Waals surface area contributed by atoms with Gasteiger partial charge in [-0.05, 0) is 160 Å². The van der Waals surface area contributed by atoms with Crippen molar-refractivity contribution in [1.29, 1.82) is 0 Å². The van der Waals surface area contributed by atoms with E-state index in [1.54, 1.807) is 0 Å². The summed E-state index contributed by atoms with van der Waals surface area (Å²) >= 11 is 0. The highest BCUT2D eigenvalue weighted by molar-refractivity contribution is 6.20. The lowest BCUT2D eigenvalue weighted by Gasteiger charge is -2.24. The van der Waals surface area contributed by atoms with E-state index < -0.39 is 0 Å². The van der Waals surface area contributed by atoms with E-state index in [1.807, 2.05) is 24.3 Å². The Balaban J connectivity index is 0.997. The predicted octanol–water partition coefficient (Wildman–Crippen LogP) is 20.8. The Morgan fingerprint density at radius 1 is 0.390 bits per heavy atom. The second kappa shape index (κ2) is 19.9. The molecule has 0 aliphatic heterocycles. The maximum absolute atomic E-state index is 7.28. The van der Waals surface area contributed by atoms with Crippen LogP contribution in [-0.2, 0) is 0 Å². The number of hydrogen-bond donors (Lipinski definition) is 0. The first-order valence-corrected chi connectivity index (χ1v) is 28.8. The van der Waals surface area contributed by atoms with Crippen LogP contribution in [0.3, 0.4) is 0 Å². The number of aromatic nitrogens is 5. The van der Waals surface area contributed by atoms with Crippen LogP contribution in [0.4, 0.5) is 0 Å². The Morgan fingerprint density at radius 2 is 0.890 bits per heavy atom. The van der Waals surface area contributed by atoms with E-state index in [2.05, 4.69) is 241 Å². The zero-order valence-corrected chi connectivity index (χ0v) is 47.7. The lowest BCUT2D eigenvalue weighted by Crippen LogP contribution is -2.09. The number of benzene rings is 9. The SMILES string of the molecule is Cc1nc2c3ccccc3oc2c2oc3c(-c4nc5ccccc5n4-c4c(C(C)C)cc(-c5ccccc5)cc4C(C)C)cc(Oc4cccc(-c5nc6ccccc6n5-c5c(C(C)C)cc(-c6ccccc6)cc5C(C)C)c4)cc3c12. The number of para-hydroxylation sites is 5. The normalized spacial score (nSPS) is 12.2. The van der Waals surface area contributed by atoms with E-state index in [0.29, 0.717) is 28.2 Å². The molecular weight excluding hydrogens is 1010 g/mol. The van der Waals surface area contributed by atoms with E-state index in [-0.39, 0.29) is 23.7 Å². The molecule has 402 valence electrons. The van der Waals surface area contributed by atoms with Crippen LogP contribution < -0.4 is 4.74 Å². The van der Waals surface area contributed by atoms with Gasteiger partial charge in [-0.1, -0.05) is 165 Å². The van der Waals surface area contributed by atoms with E-state index in [0.717, 1.165) is 83.5 Å². The van der Waals surface area contributed by atoms with E-state index in [9.17, 15) is 0 Å². The van der Waals surface area contributed by atoms with Gasteiger partial charge in [0.2, 0.25) is 0 Å². The Bertz CT molecular complexity index is 4740. The first-order valence-electron chi connectivity index (χ1n) is 28.8. The summed E-state index contributed by atoms with van der Waals surface area (Å²) in [4.78, 5) is 16.3. The molecule has 0 unspecified atom stereocenters. The van der Waals surface area contributed by atoms with Crippen LogP contribution in [0.15, 0.2) is 203 Å². The third-order valence-electron chi connectivity index (χ3n) is 16.4. The molecule has 0 N–H and O–H groups in total. The third kappa shape index (κ3) is 8.38. The molecule has 0 amide bonds. The average molecular weight is 1070 g/mol. The van der Waals surface area contributed by atoms with Crippen molar-refractivity contribution in [3.63, 3.8) is 0 Å². The standard InChI is InChI=1S/C74H63N5O3/c1-42(2)55-36-50(47-23-12-10-13-24-47)37-56(43(3)4)68(55)78-63-32-19-17-30-61(63)76-73(78)49-27-22-28-52(35-49)80-53-40-59-66-46(9)75-67-54-29-16-21-34-65(54)81-72(67)71(66)82-70(59)60(41-53)74-77-62-31-18-20-33-64(62)79(74)69-57(44(5)6)38-51(39-58(69)45(7)8)48-25-14-11-15-26-48/h10-45H,1-9H3. The highest BCUT2D eigenvalue weighted by Gasteiger charge is 2.29. The van der Waals surface area contributed by atoms with Crippen LogP contribution in [0.1, 0.15) is 107 Å². The summed E-state index contributed by atoms with van der Waals surface area (Å²) in [7, 11) is 0. The van der Waals surface area contributed by atoms with Crippen LogP contribution >= 0.6 is 0 Å². The topological polar surface area (TPSA) is 84.0 Å². The lowest BCUT2D eigenvalue weighted by atomic mass is 9.88. The number of fused-ring (bicyclic) bond motifs is 9. The Kier molecular flexibility index (Phi) is 12.3. The first-order chi connectivity index (χ1) is 39.9. The monoisotopic (exact) mass is 1070 g/mol. The van der Waals surface area contributed by atoms with Gasteiger partial charge in [0.05, 0.1) is 50.1 Å². The molecule has 0 saturated carbocycles. The van der Waals surface area contributed by atoms with Crippen LogP contribution in [0, 0.1) is 6.92 Å². The molecule has 14 rings (SSSR count). The number of furan rings is 2. The van der Waals surface area contributed by atoms with Gasteiger partial charge in [0, 0.05) is 16.3 Å². The van der Waals surface area contributed by atoms with Gasteiger partial charge in [-0.2, -0.15) is 0 Å². The van der Waals surface area contributed by atoms with Gasteiger partial charge in [0.1, 0.15) is 39.8 Å². The summed E-state index contributed by atoms with van der Waals surface area (Å²) in [6.07, 6.45) is 0. The fraction of sp³-hybridized carbons (Fsp3) is 0.176. The van der Waals surface area contributed by atoms with Gasteiger partial charge in [-0.3, -0.25) is 9.13 Å². The van der Waals surface area contributed by atoms with Crippen molar-refractivity contribution in [2.45, 2.75) is 86.0 Å². The molecule has 0 bridgehead atoms. The molecule has 9 aromatic carbocycles. The minimum Gasteiger partial charge on any atom is -0.457 e. The molecule has 0 aliphatic rings. The van der Waals surface area contributed by atoms with Crippen molar-refractivity contribution in [3.8, 4) is 67.9 Å². The van der Waals surface area contributed by atoms with Crippen LogP contribution in [-0.4, -0.2) is 24.1 Å². The Labute approximate surface area is 477 Å². The Morgan fingerprint density at radius 3 is 1.46 bits per heavy atom. The molecule has 14 aromatic rings. The summed E-state index contributed by atoms with van der Waals surface area (Å²) in [5.74, 6) is 3.64. The Hall–Kier alpha value is -9.53. The predicted molar refractivity (Wildman–Crippen MR) is 337 cm³/mol. The lowest BCUT2D eigenvalue weighted by molar-refractivity contribution is 0.483. The van der Waals surface area contributed by atoms with Crippen molar-refractivity contribution in [3.05, 3.63) is 222 Å². The number of aryl methyl sites for hydroxylation is 1. The second-order valence-corrected chi connectivity index (χ2v) is 23.1. The van der Waals surface area contributed by atoms with Gasteiger partial charge >= 0.3 is 0 Å². The molecular formula is C74H63N5O3. The van der Waals surface area contributed by atoms with Gasteiger partial charge in [-0.25, -0.2) is 15.0 Å². The fourth-order valence-corrected chi connectivity index (χ4v) is 12.4. The van der Waals surface area contributed by atoms with Crippen LogP contribution in [0.5, 0.6) is 11.5 Å². The number of pyridine rings is 1. The van der Waals surface area contributed by atoms with Gasteiger partial charge < -0.3 is 13.6 Å². The fourth-order valence-electron chi connectivity index (χ4n) is 12.4. The largest absolute Gasteiger partial charge is 0.457 e. The highest BCUT2D eigenvalue weighted by atomic mass is 16.5. The van der Waals surface area contributed by atoms with E-state index >= 15 is 0 Å². The maximum Gasteiger partial charge on any atom is 0.197 e. The number of hydrogen-bond acceptors (Lipinski definition) is 6. The molecule has 0 fully saturated rings.